The largest absolute Gasteiger partial charge is 0.462 e. The van der Waals surface area contributed by atoms with Gasteiger partial charge in [0, 0.05) is 28.8 Å². The molecule has 25 heavy (non-hydrogen) atoms. The Morgan fingerprint density at radius 1 is 1.28 bits per heavy atom. The molecule has 0 spiro atoms. The fourth-order valence-corrected chi connectivity index (χ4v) is 3.97. The molecule has 4 nitrogen and oxygen atoms in total. The Morgan fingerprint density at radius 2 is 2.04 bits per heavy atom. The molecule has 132 valence electrons. The Labute approximate surface area is 152 Å². The summed E-state index contributed by atoms with van der Waals surface area (Å²) in [4.78, 5) is 30.1. The second kappa shape index (κ2) is 7.52. The maximum atomic E-state index is 12.7. The molecule has 5 heteroatoms. The fourth-order valence-electron chi connectivity index (χ4n) is 3.72. The third-order valence-corrected chi connectivity index (χ3v) is 5.15. The molecule has 0 unspecified atom stereocenters. The third kappa shape index (κ3) is 3.40. The number of rotatable bonds is 4. The number of Topliss-reactive ketones (excluding diaryl/α,β-unsaturated/α-hetero) is 1. The number of nitrogens with zero attached hydrogens (tertiary/aromatic N) is 1. The number of benzene rings is 1. The number of carbonyl (C=O) groups is 2. The highest BCUT2D eigenvalue weighted by Gasteiger charge is 2.44. The molecule has 1 saturated carbocycles. The lowest BCUT2D eigenvalue weighted by Crippen LogP contribution is -2.39. The summed E-state index contributed by atoms with van der Waals surface area (Å²) in [5.74, 6) is -1.10. The lowest BCUT2D eigenvalue weighted by Gasteiger charge is -2.35. The van der Waals surface area contributed by atoms with Crippen LogP contribution in [-0.2, 0) is 14.3 Å². The van der Waals surface area contributed by atoms with Crippen molar-refractivity contribution in [3.8, 4) is 0 Å². The van der Waals surface area contributed by atoms with Crippen molar-refractivity contribution in [2.24, 2.45) is 10.9 Å². The van der Waals surface area contributed by atoms with Gasteiger partial charge in [-0.15, -0.1) is 0 Å². The van der Waals surface area contributed by atoms with Gasteiger partial charge in [0.25, 0.3) is 0 Å². The van der Waals surface area contributed by atoms with Gasteiger partial charge in [-0.25, -0.2) is 4.79 Å². The highest BCUT2D eigenvalue weighted by Crippen LogP contribution is 2.44. The number of esters is 1. The molecular formula is C20H22ClNO3. The number of halogens is 1. The average Bonchev–Trinajstić information content (AvgIpc) is 2.59. The molecule has 0 amide bonds. The first-order valence-electron chi connectivity index (χ1n) is 8.77. The van der Waals surface area contributed by atoms with Gasteiger partial charge in [-0.05, 0) is 37.8 Å². The Bertz CT molecular complexity index is 766. The molecule has 0 N–H and O–H groups in total. The zero-order valence-corrected chi connectivity index (χ0v) is 15.3. The van der Waals surface area contributed by atoms with Crippen LogP contribution in [0, 0.1) is 5.92 Å². The Balaban J connectivity index is 2.13. The predicted octanol–water partition coefficient (Wildman–Crippen LogP) is 4.47. The van der Waals surface area contributed by atoms with Gasteiger partial charge in [-0.3, -0.25) is 9.79 Å². The first kappa shape index (κ1) is 17.9. The summed E-state index contributed by atoms with van der Waals surface area (Å²) < 4.78 is 5.39. The minimum atomic E-state index is -0.418. The van der Waals surface area contributed by atoms with E-state index in [0.29, 0.717) is 29.3 Å². The van der Waals surface area contributed by atoms with Gasteiger partial charge in [-0.1, -0.05) is 36.7 Å². The van der Waals surface area contributed by atoms with Gasteiger partial charge in [0.1, 0.15) is 5.78 Å². The summed E-state index contributed by atoms with van der Waals surface area (Å²) >= 11 is 6.43. The van der Waals surface area contributed by atoms with E-state index >= 15 is 0 Å². The first-order valence-corrected chi connectivity index (χ1v) is 9.14. The molecule has 0 aromatic heterocycles. The number of hydrogen-bond acceptors (Lipinski definition) is 4. The summed E-state index contributed by atoms with van der Waals surface area (Å²) in [7, 11) is 0. The molecule has 2 aliphatic rings. The highest BCUT2D eigenvalue weighted by molar-refractivity contribution is 6.31. The number of ketones is 1. The van der Waals surface area contributed by atoms with Gasteiger partial charge in [0.15, 0.2) is 0 Å². The van der Waals surface area contributed by atoms with Crippen LogP contribution < -0.4 is 0 Å². The first-order chi connectivity index (χ1) is 12.0. The van der Waals surface area contributed by atoms with Gasteiger partial charge in [-0.2, -0.15) is 0 Å². The molecule has 1 aromatic carbocycles. The van der Waals surface area contributed by atoms with Crippen molar-refractivity contribution in [2.45, 2.75) is 45.4 Å². The van der Waals surface area contributed by atoms with Gasteiger partial charge in [0.05, 0.1) is 18.1 Å². The monoisotopic (exact) mass is 359 g/mol. The van der Waals surface area contributed by atoms with E-state index in [1.54, 1.807) is 6.07 Å². The summed E-state index contributed by atoms with van der Waals surface area (Å²) in [6, 6.07) is 7.40. The van der Waals surface area contributed by atoms with E-state index < -0.39 is 17.8 Å². The standard InChI is InChI=1S/C20H22ClNO3/c1-3-11-25-20(24)17-12(2)22-15-9-6-10-16(23)19(15)18(17)13-7-4-5-8-14(13)21/h4-5,7-8,18-19H,3,6,9-11H2,1-2H3/t18-,19+/m0/s1. The molecule has 0 bridgehead atoms. The smallest absolute Gasteiger partial charge is 0.336 e. The van der Waals surface area contributed by atoms with Crippen molar-refractivity contribution in [3.05, 3.63) is 46.1 Å². The van der Waals surface area contributed by atoms with Crippen molar-refractivity contribution < 1.29 is 14.3 Å². The Morgan fingerprint density at radius 3 is 2.76 bits per heavy atom. The molecule has 1 fully saturated rings. The third-order valence-electron chi connectivity index (χ3n) is 4.80. The SMILES string of the molecule is CCCOC(=O)C1=C(C)N=C2CCCC(=O)[C@@H]2[C@H]1c1ccccc1Cl. The van der Waals surface area contributed by atoms with Crippen molar-refractivity contribution in [2.75, 3.05) is 6.61 Å². The van der Waals surface area contributed by atoms with Crippen LogP contribution in [0.2, 0.25) is 5.02 Å². The normalized spacial score (nSPS) is 23.2. The van der Waals surface area contributed by atoms with Crippen LogP contribution in [0.25, 0.3) is 0 Å². The van der Waals surface area contributed by atoms with E-state index in [2.05, 4.69) is 4.99 Å². The van der Waals surface area contributed by atoms with E-state index in [4.69, 9.17) is 16.3 Å². The lowest BCUT2D eigenvalue weighted by atomic mass is 9.69. The summed E-state index contributed by atoms with van der Waals surface area (Å²) in [5.41, 5.74) is 2.75. The van der Waals surface area contributed by atoms with Gasteiger partial charge in [0.2, 0.25) is 0 Å². The van der Waals surface area contributed by atoms with E-state index in [0.717, 1.165) is 30.5 Å². The van der Waals surface area contributed by atoms with Crippen LogP contribution in [0.15, 0.2) is 40.5 Å². The number of ether oxygens (including phenoxy) is 1. The molecule has 1 aliphatic heterocycles. The molecule has 1 heterocycles. The van der Waals surface area contributed by atoms with Crippen molar-refractivity contribution in [1.29, 1.82) is 0 Å². The molecule has 0 radical (unpaired) electrons. The maximum absolute atomic E-state index is 12.7. The van der Waals surface area contributed by atoms with E-state index in [-0.39, 0.29) is 5.78 Å². The molecular weight excluding hydrogens is 338 g/mol. The summed E-state index contributed by atoms with van der Waals surface area (Å²) in [6.45, 7) is 4.11. The quantitative estimate of drug-likeness (QED) is 0.745. The van der Waals surface area contributed by atoms with Crippen LogP contribution in [0.3, 0.4) is 0 Å². The average molecular weight is 360 g/mol. The molecule has 1 aromatic rings. The number of aliphatic imine (C=N–C) groups is 1. The number of carbonyl (C=O) groups excluding carboxylic acids is 2. The highest BCUT2D eigenvalue weighted by atomic mass is 35.5. The Kier molecular flexibility index (Phi) is 5.38. The van der Waals surface area contributed by atoms with Crippen molar-refractivity contribution in [3.63, 3.8) is 0 Å². The van der Waals surface area contributed by atoms with Gasteiger partial charge >= 0.3 is 5.97 Å². The van der Waals surface area contributed by atoms with Crippen molar-refractivity contribution >= 4 is 29.1 Å². The number of fused-ring (bicyclic) bond motifs is 1. The van der Waals surface area contributed by atoms with Crippen LogP contribution in [0.5, 0.6) is 0 Å². The van der Waals surface area contributed by atoms with Crippen LogP contribution >= 0.6 is 11.6 Å². The molecule has 2 atom stereocenters. The number of hydrogen-bond donors (Lipinski definition) is 0. The molecule has 0 saturated heterocycles. The number of allylic oxidation sites excluding steroid dienone is 1. The topological polar surface area (TPSA) is 55.7 Å². The second-order valence-electron chi connectivity index (χ2n) is 6.53. The minimum Gasteiger partial charge on any atom is -0.462 e. The molecule has 3 rings (SSSR count). The summed E-state index contributed by atoms with van der Waals surface area (Å²) in [6.07, 6.45) is 2.85. The minimum absolute atomic E-state index is 0.128. The molecule has 1 aliphatic carbocycles. The van der Waals surface area contributed by atoms with E-state index in [1.165, 1.54) is 0 Å². The Hall–Kier alpha value is -1.94. The lowest BCUT2D eigenvalue weighted by molar-refractivity contribution is -0.139. The van der Waals surface area contributed by atoms with E-state index in [1.807, 2.05) is 32.0 Å². The predicted molar refractivity (Wildman–Crippen MR) is 97.9 cm³/mol. The second-order valence-corrected chi connectivity index (χ2v) is 6.94. The van der Waals surface area contributed by atoms with Crippen LogP contribution in [0.4, 0.5) is 0 Å². The van der Waals surface area contributed by atoms with Crippen LogP contribution in [0.1, 0.15) is 51.0 Å². The van der Waals surface area contributed by atoms with Crippen LogP contribution in [-0.4, -0.2) is 24.1 Å². The van der Waals surface area contributed by atoms with E-state index in [9.17, 15) is 9.59 Å². The van der Waals surface area contributed by atoms with Crippen molar-refractivity contribution in [1.82, 2.24) is 0 Å². The maximum Gasteiger partial charge on any atom is 0.336 e. The summed E-state index contributed by atoms with van der Waals surface area (Å²) in [5, 5.41) is 0.556. The zero-order chi connectivity index (χ0) is 18.0. The zero-order valence-electron chi connectivity index (χ0n) is 14.5. The fraction of sp³-hybridized carbons (Fsp3) is 0.450. The van der Waals surface area contributed by atoms with Gasteiger partial charge < -0.3 is 4.74 Å².